The fourth-order valence-corrected chi connectivity index (χ4v) is 4.02. The van der Waals surface area contributed by atoms with Gasteiger partial charge in [0.05, 0.1) is 0 Å². The van der Waals surface area contributed by atoms with Crippen LogP contribution in [-0.2, 0) is 23.0 Å². The Morgan fingerprint density at radius 1 is 1.04 bits per heavy atom. The van der Waals surface area contributed by atoms with Gasteiger partial charge in [0.1, 0.15) is 5.58 Å². The Hall–Kier alpha value is -2.19. The summed E-state index contributed by atoms with van der Waals surface area (Å²) in [6.07, 6.45) is 1.99. The summed E-state index contributed by atoms with van der Waals surface area (Å²) in [7, 11) is -1.65. The zero-order chi connectivity index (χ0) is 20.0. The summed E-state index contributed by atoms with van der Waals surface area (Å²) in [5.41, 5.74) is 8.61. The average molecular weight is 402 g/mol. The van der Waals surface area contributed by atoms with Crippen LogP contribution in [0.25, 0.3) is 11.0 Å². The van der Waals surface area contributed by atoms with Crippen molar-refractivity contribution in [1.29, 1.82) is 0 Å². The minimum Gasteiger partial charge on any atom is -0.443 e. The smallest absolute Gasteiger partial charge is 0.274 e. The molecule has 0 spiro atoms. The van der Waals surface area contributed by atoms with Crippen molar-refractivity contribution in [1.82, 2.24) is 9.62 Å². The Morgan fingerprint density at radius 2 is 1.75 bits per heavy atom. The largest absolute Gasteiger partial charge is 0.443 e. The second-order valence-corrected chi connectivity index (χ2v) is 8.63. The second kappa shape index (κ2) is 9.34. The van der Waals surface area contributed by atoms with Gasteiger partial charge in [-0.2, -0.15) is 0 Å². The molecule has 150 valence electrons. The van der Waals surface area contributed by atoms with E-state index in [1.54, 1.807) is 12.1 Å². The molecule has 3 aromatic rings. The Labute approximate surface area is 166 Å². The van der Waals surface area contributed by atoms with Crippen molar-refractivity contribution in [2.24, 2.45) is 5.73 Å². The lowest BCUT2D eigenvalue weighted by atomic mass is 10.1. The molecule has 1 heterocycles. The maximum atomic E-state index is 12.4. The molecule has 0 atom stereocenters. The fraction of sp³-hybridized carbons (Fsp3) is 0.333. The van der Waals surface area contributed by atoms with Crippen LogP contribution in [0, 0.1) is 0 Å². The van der Waals surface area contributed by atoms with E-state index in [-0.39, 0.29) is 5.09 Å². The van der Waals surface area contributed by atoms with Gasteiger partial charge in [-0.15, -0.1) is 0 Å². The molecule has 0 unspecified atom stereocenters. The number of nitrogens with two attached hydrogens (primary N) is 1. The molecular weight excluding hydrogens is 374 g/mol. The molecule has 0 aliphatic carbocycles. The third-order valence-electron chi connectivity index (χ3n) is 4.72. The summed E-state index contributed by atoms with van der Waals surface area (Å²) in [6.45, 7) is 2.42. The molecular formula is C21H27N3O3S. The van der Waals surface area contributed by atoms with Gasteiger partial charge in [-0.1, -0.05) is 42.5 Å². The van der Waals surface area contributed by atoms with E-state index < -0.39 is 10.0 Å². The number of aryl methyl sites for hydroxylation is 1. The Kier molecular flexibility index (Phi) is 6.85. The number of nitrogens with one attached hydrogen (secondary N) is 1. The molecule has 0 saturated carbocycles. The maximum absolute atomic E-state index is 12.4. The zero-order valence-electron chi connectivity index (χ0n) is 16.1. The highest BCUT2D eigenvalue weighted by atomic mass is 32.2. The van der Waals surface area contributed by atoms with Crippen molar-refractivity contribution < 1.29 is 12.8 Å². The number of para-hydroxylation sites is 1. The van der Waals surface area contributed by atoms with Gasteiger partial charge in [-0.05, 0) is 43.6 Å². The van der Waals surface area contributed by atoms with Crippen molar-refractivity contribution in [3.63, 3.8) is 0 Å². The fourth-order valence-electron chi connectivity index (χ4n) is 3.04. The topological polar surface area (TPSA) is 88.6 Å². The summed E-state index contributed by atoms with van der Waals surface area (Å²) in [4.78, 5) is 2.12. The molecule has 28 heavy (non-hydrogen) atoms. The van der Waals surface area contributed by atoms with E-state index in [1.165, 1.54) is 5.56 Å². The summed E-state index contributed by atoms with van der Waals surface area (Å²) in [5, 5.41) is 0.733. The second-order valence-electron chi connectivity index (χ2n) is 6.93. The first kappa shape index (κ1) is 20.5. The van der Waals surface area contributed by atoms with E-state index in [0.717, 1.165) is 30.3 Å². The monoisotopic (exact) mass is 401 g/mol. The lowest BCUT2D eigenvalue weighted by Crippen LogP contribution is -2.33. The van der Waals surface area contributed by atoms with Gasteiger partial charge in [-0.25, -0.2) is 13.1 Å². The van der Waals surface area contributed by atoms with E-state index in [9.17, 15) is 8.42 Å². The minimum atomic E-state index is -3.64. The molecule has 3 rings (SSSR count). The Morgan fingerprint density at radius 3 is 2.46 bits per heavy atom. The van der Waals surface area contributed by atoms with Crippen LogP contribution < -0.4 is 10.5 Å². The van der Waals surface area contributed by atoms with E-state index >= 15 is 0 Å². The summed E-state index contributed by atoms with van der Waals surface area (Å²) >= 11 is 0. The van der Waals surface area contributed by atoms with Gasteiger partial charge in [0, 0.05) is 31.1 Å². The molecule has 2 aromatic carbocycles. The van der Waals surface area contributed by atoms with Crippen LogP contribution in [0.5, 0.6) is 0 Å². The van der Waals surface area contributed by atoms with Crippen LogP contribution in [0.15, 0.2) is 64.1 Å². The number of hydrogen-bond acceptors (Lipinski definition) is 5. The quantitative estimate of drug-likeness (QED) is 0.545. The van der Waals surface area contributed by atoms with Gasteiger partial charge in [0.2, 0.25) is 5.09 Å². The van der Waals surface area contributed by atoms with E-state index in [1.807, 2.05) is 25.2 Å². The molecule has 0 bridgehead atoms. The lowest BCUT2D eigenvalue weighted by molar-refractivity contribution is 0.333. The molecule has 0 aliphatic rings. The molecule has 0 amide bonds. The van der Waals surface area contributed by atoms with E-state index in [4.69, 9.17) is 10.2 Å². The van der Waals surface area contributed by atoms with Crippen LogP contribution in [0.3, 0.4) is 0 Å². The average Bonchev–Trinajstić information content (AvgIpc) is 3.14. The predicted molar refractivity (Wildman–Crippen MR) is 112 cm³/mol. The number of hydrogen-bond donors (Lipinski definition) is 2. The van der Waals surface area contributed by atoms with Gasteiger partial charge in [0.15, 0.2) is 0 Å². The molecule has 0 saturated heterocycles. The SMILES string of the molecule is CN(CCCc1ccc(CN)cc1)CCNS(=O)(=O)c1cc2ccccc2o1. The third-order valence-corrected chi connectivity index (χ3v) is 6.03. The van der Waals surface area contributed by atoms with Gasteiger partial charge >= 0.3 is 0 Å². The van der Waals surface area contributed by atoms with Crippen molar-refractivity contribution in [3.05, 3.63) is 65.7 Å². The molecule has 0 aliphatic heterocycles. The van der Waals surface area contributed by atoms with Crippen LogP contribution in [0.1, 0.15) is 17.5 Å². The molecule has 0 radical (unpaired) electrons. The van der Waals surface area contributed by atoms with Crippen molar-refractivity contribution in [3.8, 4) is 0 Å². The highest BCUT2D eigenvalue weighted by molar-refractivity contribution is 7.89. The maximum Gasteiger partial charge on any atom is 0.274 e. The minimum absolute atomic E-state index is 0.0442. The van der Waals surface area contributed by atoms with Crippen LogP contribution in [0.4, 0.5) is 0 Å². The Bertz CT molecular complexity index is 964. The number of nitrogens with zero attached hydrogens (tertiary/aromatic N) is 1. The summed E-state index contributed by atoms with van der Waals surface area (Å²) in [5.74, 6) is 0. The number of rotatable bonds is 10. The number of fused-ring (bicyclic) bond motifs is 1. The van der Waals surface area contributed by atoms with Crippen LogP contribution in [0.2, 0.25) is 0 Å². The molecule has 6 nitrogen and oxygen atoms in total. The van der Waals surface area contributed by atoms with E-state index in [0.29, 0.717) is 25.2 Å². The summed E-state index contributed by atoms with van der Waals surface area (Å²) < 4.78 is 32.9. The molecule has 3 N–H and O–H groups in total. The number of likely N-dealkylation sites (N-methyl/N-ethyl adjacent to an activating group) is 1. The summed E-state index contributed by atoms with van der Waals surface area (Å²) in [6, 6.07) is 17.2. The lowest BCUT2D eigenvalue weighted by Gasteiger charge is -2.16. The zero-order valence-corrected chi connectivity index (χ0v) is 16.9. The first-order chi connectivity index (χ1) is 13.5. The highest BCUT2D eigenvalue weighted by Crippen LogP contribution is 2.22. The number of sulfonamides is 1. The van der Waals surface area contributed by atoms with Gasteiger partial charge < -0.3 is 15.1 Å². The number of benzene rings is 2. The normalized spacial score (nSPS) is 12.1. The first-order valence-corrected chi connectivity index (χ1v) is 10.9. The third kappa shape index (κ3) is 5.42. The van der Waals surface area contributed by atoms with Crippen molar-refractivity contribution >= 4 is 21.0 Å². The number of furan rings is 1. The van der Waals surface area contributed by atoms with E-state index in [2.05, 4.69) is 33.9 Å². The van der Waals surface area contributed by atoms with Gasteiger partial charge in [-0.3, -0.25) is 0 Å². The van der Waals surface area contributed by atoms with Crippen LogP contribution >= 0.6 is 0 Å². The molecule has 1 aromatic heterocycles. The van der Waals surface area contributed by atoms with Gasteiger partial charge in [0.25, 0.3) is 10.0 Å². The standard InChI is InChI=1S/C21H27N3O3S/c1-24(13-4-5-17-8-10-18(16-22)11-9-17)14-12-23-28(25,26)21-15-19-6-2-3-7-20(19)27-21/h2-3,6-11,15,23H,4-5,12-14,16,22H2,1H3. The molecule has 0 fully saturated rings. The van der Waals surface area contributed by atoms with Crippen LogP contribution in [-0.4, -0.2) is 40.0 Å². The Balaban J connectivity index is 1.42. The molecule has 7 heteroatoms. The van der Waals surface area contributed by atoms with Crippen molar-refractivity contribution in [2.45, 2.75) is 24.5 Å². The predicted octanol–water partition coefficient (Wildman–Crippen LogP) is 2.73. The highest BCUT2D eigenvalue weighted by Gasteiger charge is 2.19. The van der Waals surface area contributed by atoms with Crippen molar-refractivity contribution in [2.75, 3.05) is 26.7 Å². The first-order valence-electron chi connectivity index (χ1n) is 9.42.